The lowest BCUT2D eigenvalue weighted by Crippen LogP contribution is -2.19. The number of nitrogens with one attached hydrogen (secondary N) is 1. The molecule has 1 aromatic carbocycles. The molecule has 0 fully saturated rings. The van der Waals surface area contributed by atoms with Crippen LogP contribution in [0.2, 0.25) is 0 Å². The van der Waals surface area contributed by atoms with E-state index in [0.717, 1.165) is 24.9 Å². The topological polar surface area (TPSA) is 71.3 Å². The van der Waals surface area contributed by atoms with E-state index in [1.165, 1.54) is 29.3 Å². The minimum Gasteiger partial charge on any atom is -0.414 e. The highest BCUT2D eigenvalue weighted by Crippen LogP contribution is 2.26. The molecular weight excluding hydrogens is 336 g/mol. The molecule has 1 amide bonds. The molecular formula is C18H24N4O2S. The van der Waals surface area contributed by atoms with Gasteiger partial charge in [-0.15, -0.1) is 10.2 Å². The van der Waals surface area contributed by atoms with E-state index in [4.69, 9.17) is 4.42 Å². The van der Waals surface area contributed by atoms with Crippen molar-refractivity contribution in [3.63, 3.8) is 0 Å². The summed E-state index contributed by atoms with van der Waals surface area (Å²) in [4.78, 5) is 14.2. The molecule has 0 saturated heterocycles. The smallest absolute Gasteiger partial charge is 0.277 e. The van der Waals surface area contributed by atoms with E-state index in [0.29, 0.717) is 11.1 Å². The molecule has 3 rings (SSSR count). The fourth-order valence-corrected chi connectivity index (χ4v) is 3.72. The van der Waals surface area contributed by atoms with Gasteiger partial charge in [-0.1, -0.05) is 24.8 Å². The molecule has 0 unspecified atom stereocenters. The Morgan fingerprint density at radius 3 is 2.88 bits per heavy atom. The van der Waals surface area contributed by atoms with Crippen LogP contribution in [0.15, 0.2) is 27.8 Å². The molecule has 1 N–H and O–H groups in total. The molecule has 0 radical (unpaired) electrons. The van der Waals surface area contributed by atoms with Gasteiger partial charge in [-0.2, -0.15) is 0 Å². The van der Waals surface area contributed by atoms with Gasteiger partial charge in [0.2, 0.25) is 11.8 Å². The predicted octanol–water partition coefficient (Wildman–Crippen LogP) is 3.30. The second kappa shape index (κ2) is 8.01. The van der Waals surface area contributed by atoms with Crippen molar-refractivity contribution >= 4 is 23.4 Å². The van der Waals surface area contributed by atoms with Gasteiger partial charge >= 0.3 is 0 Å². The van der Waals surface area contributed by atoms with Crippen LogP contribution in [0, 0.1) is 0 Å². The Bertz CT molecular complexity index is 744. The summed E-state index contributed by atoms with van der Waals surface area (Å²) in [6.07, 6.45) is 4.33. The molecule has 1 aliphatic carbocycles. The summed E-state index contributed by atoms with van der Waals surface area (Å²) in [5.41, 5.74) is 3.61. The van der Waals surface area contributed by atoms with Crippen molar-refractivity contribution in [3.8, 4) is 0 Å². The number of benzene rings is 1. The fourth-order valence-electron chi connectivity index (χ4n) is 3.15. The van der Waals surface area contributed by atoms with Crippen molar-refractivity contribution in [2.24, 2.45) is 0 Å². The number of aromatic nitrogens is 2. The summed E-state index contributed by atoms with van der Waals surface area (Å²) in [7, 11) is 3.96. The Morgan fingerprint density at radius 1 is 1.32 bits per heavy atom. The minimum atomic E-state index is -0.0673. The number of aryl methyl sites for hydroxylation is 2. The zero-order valence-corrected chi connectivity index (χ0v) is 15.7. The number of thioether (sulfide) groups is 1. The van der Waals surface area contributed by atoms with Crippen molar-refractivity contribution < 1.29 is 9.21 Å². The SMILES string of the molecule is CC[C@@H](c1nnc(SCC(=O)Nc2ccc3c(c2)CCC3)o1)N(C)C. The van der Waals surface area contributed by atoms with Gasteiger partial charge in [-0.25, -0.2) is 0 Å². The van der Waals surface area contributed by atoms with E-state index in [1.807, 2.05) is 25.1 Å². The summed E-state index contributed by atoms with van der Waals surface area (Å²) in [6, 6.07) is 6.27. The monoisotopic (exact) mass is 360 g/mol. The first-order valence-electron chi connectivity index (χ1n) is 8.61. The van der Waals surface area contributed by atoms with Crippen LogP contribution < -0.4 is 5.32 Å². The Balaban J connectivity index is 1.53. The predicted molar refractivity (Wildman–Crippen MR) is 98.8 cm³/mol. The standard InChI is InChI=1S/C18H24N4O2S/c1-4-15(22(2)3)17-20-21-18(24-17)25-11-16(23)19-14-9-8-12-6-5-7-13(12)10-14/h8-10,15H,4-7,11H2,1-3H3,(H,19,23)/t15-/m0/s1. The van der Waals surface area contributed by atoms with Crippen LogP contribution in [-0.4, -0.2) is 40.9 Å². The van der Waals surface area contributed by atoms with Crippen LogP contribution in [0.3, 0.4) is 0 Å². The minimum absolute atomic E-state index is 0.0673. The van der Waals surface area contributed by atoms with Crippen LogP contribution in [0.1, 0.15) is 42.8 Å². The Hall–Kier alpha value is -1.86. The van der Waals surface area contributed by atoms with E-state index in [1.54, 1.807) is 0 Å². The Morgan fingerprint density at radius 2 is 2.12 bits per heavy atom. The van der Waals surface area contributed by atoms with E-state index in [-0.39, 0.29) is 17.7 Å². The molecule has 0 bridgehead atoms. The van der Waals surface area contributed by atoms with Crippen LogP contribution in [-0.2, 0) is 17.6 Å². The highest BCUT2D eigenvalue weighted by molar-refractivity contribution is 7.99. The van der Waals surface area contributed by atoms with E-state index in [2.05, 4.69) is 34.6 Å². The number of nitrogens with zero attached hydrogens (tertiary/aromatic N) is 3. The van der Waals surface area contributed by atoms with Gasteiger partial charge in [0.25, 0.3) is 5.22 Å². The maximum atomic E-state index is 12.2. The lowest BCUT2D eigenvalue weighted by atomic mass is 10.1. The number of amides is 1. The molecule has 1 atom stereocenters. The molecule has 7 heteroatoms. The lowest BCUT2D eigenvalue weighted by Gasteiger charge is -2.18. The van der Waals surface area contributed by atoms with Gasteiger partial charge in [0.05, 0.1) is 11.8 Å². The fraction of sp³-hybridized carbons (Fsp3) is 0.500. The highest BCUT2D eigenvalue weighted by atomic mass is 32.2. The second-order valence-corrected chi connectivity index (χ2v) is 7.39. The average molecular weight is 360 g/mol. The quantitative estimate of drug-likeness (QED) is 0.764. The number of carbonyl (C=O) groups is 1. The molecule has 25 heavy (non-hydrogen) atoms. The zero-order valence-electron chi connectivity index (χ0n) is 14.9. The van der Waals surface area contributed by atoms with Crippen LogP contribution in [0.25, 0.3) is 0 Å². The molecule has 134 valence electrons. The largest absolute Gasteiger partial charge is 0.414 e. The summed E-state index contributed by atoms with van der Waals surface area (Å²) in [6.45, 7) is 2.08. The number of hydrogen-bond donors (Lipinski definition) is 1. The van der Waals surface area contributed by atoms with Crippen LogP contribution in [0.4, 0.5) is 5.69 Å². The summed E-state index contributed by atoms with van der Waals surface area (Å²) < 4.78 is 5.68. The molecule has 2 aromatic rings. The number of fused-ring (bicyclic) bond motifs is 1. The molecule has 0 spiro atoms. The molecule has 0 aliphatic heterocycles. The van der Waals surface area contributed by atoms with Crippen molar-refractivity contribution in [2.45, 2.75) is 43.9 Å². The maximum absolute atomic E-state index is 12.2. The van der Waals surface area contributed by atoms with Gasteiger partial charge < -0.3 is 9.73 Å². The third kappa shape index (κ3) is 4.41. The van der Waals surface area contributed by atoms with Crippen LogP contribution >= 0.6 is 11.8 Å². The van der Waals surface area contributed by atoms with Crippen molar-refractivity contribution in [2.75, 3.05) is 25.2 Å². The van der Waals surface area contributed by atoms with Crippen molar-refractivity contribution in [3.05, 3.63) is 35.2 Å². The van der Waals surface area contributed by atoms with E-state index in [9.17, 15) is 4.79 Å². The highest BCUT2D eigenvalue weighted by Gasteiger charge is 2.19. The number of rotatable bonds is 7. The van der Waals surface area contributed by atoms with Gasteiger partial charge in [0, 0.05) is 5.69 Å². The summed E-state index contributed by atoms with van der Waals surface area (Å²) >= 11 is 1.26. The van der Waals surface area contributed by atoms with Crippen LogP contribution in [0.5, 0.6) is 0 Å². The van der Waals surface area contributed by atoms with Crippen molar-refractivity contribution in [1.29, 1.82) is 0 Å². The third-order valence-corrected chi connectivity index (χ3v) is 5.24. The lowest BCUT2D eigenvalue weighted by molar-refractivity contribution is -0.113. The zero-order chi connectivity index (χ0) is 17.8. The first kappa shape index (κ1) is 17.9. The number of anilines is 1. The first-order valence-corrected chi connectivity index (χ1v) is 9.59. The maximum Gasteiger partial charge on any atom is 0.277 e. The number of hydrogen-bond acceptors (Lipinski definition) is 6. The Kier molecular flexibility index (Phi) is 5.75. The van der Waals surface area contributed by atoms with Gasteiger partial charge in [-0.05, 0) is 63.0 Å². The Labute approximate surface area is 152 Å². The normalized spacial score (nSPS) is 14.6. The summed E-state index contributed by atoms with van der Waals surface area (Å²) in [5, 5.41) is 11.5. The van der Waals surface area contributed by atoms with E-state index >= 15 is 0 Å². The van der Waals surface area contributed by atoms with Gasteiger partial charge in [0.1, 0.15) is 0 Å². The van der Waals surface area contributed by atoms with Crippen molar-refractivity contribution in [1.82, 2.24) is 15.1 Å². The second-order valence-electron chi connectivity index (χ2n) is 6.47. The average Bonchev–Trinajstić information content (AvgIpc) is 3.22. The molecule has 1 aromatic heterocycles. The molecule has 6 nitrogen and oxygen atoms in total. The molecule has 1 heterocycles. The number of carbonyl (C=O) groups excluding carboxylic acids is 1. The third-order valence-electron chi connectivity index (χ3n) is 4.43. The summed E-state index contributed by atoms with van der Waals surface area (Å²) in [5.74, 6) is 0.772. The van der Waals surface area contributed by atoms with Gasteiger partial charge in [0.15, 0.2) is 0 Å². The molecule has 0 saturated carbocycles. The van der Waals surface area contributed by atoms with Gasteiger partial charge in [-0.3, -0.25) is 9.69 Å². The first-order chi connectivity index (χ1) is 12.1. The molecule has 1 aliphatic rings. The van der Waals surface area contributed by atoms with E-state index < -0.39 is 0 Å².